The molecule has 1 aromatic carbocycles. The van der Waals surface area contributed by atoms with Gasteiger partial charge in [0, 0.05) is 7.05 Å². The number of allylic oxidation sites excluding steroid dienone is 1. The van der Waals surface area contributed by atoms with Gasteiger partial charge in [0.25, 0.3) is 0 Å². The van der Waals surface area contributed by atoms with E-state index in [1.165, 1.54) is 4.90 Å². The zero-order valence-corrected chi connectivity index (χ0v) is 12.3. The Bertz CT molecular complexity index is 579. The standard InChI is InChI=1S/C16H21N3O/c1-5-7-13-14(20)19(4)15(17)18-16(13,3)12-9-6-8-11(2)10-12/h5-6,8-10,13H,1,7H2,2-4H3,(H2,17,18)/t13-,16+/m0/s1. The highest BCUT2D eigenvalue weighted by Gasteiger charge is 2.45. The third kappa shape index (κ3) is 2.22. The van der Waals surface area contributed by atoms with E-state index in [9.17, 15) is 4.79 Å². The molecular weight excluding hydrogens is 250 g/mol. The molecule has 1 aliphatic rings. The van der Waals surface area contributed by atoms with Crippen molar-refractivity contribution >= 4 is 11.9 Å². The van der Waals surface area contributed by atoms with Gasteiger partial charge >= 0.3 is 0 Å². The van der Waals surface area contributed by atoms with Gasteiger partial charge in [-0.1, -0.05) is 35.9 Å². The summed E-state index contributed by atoms with van der Waals surface area (Å²) in [6.45, 7) is 7.75. The van der Waals surface area contributed by atoms with E-state index in [2.05, 4.69) is 17.6 Å². The first-order chi connectivity index (χ1) is 9.40. The largest absolute Gasteiger partial charge is 0.369 e. The van der Waals surface area contributed by atoms with Gasteiger partial charge in [-0.2, -0.15) is 0 Å². The van der Waals surface area contributed by atoms with Crippen molar-refractivity contribution in [3.8, 4) is 0 Å². The van der Waals surface area contributed by atoms with E-state index in [0.29, 0.717) is 6.42 Å². The zero-order valence-electron chi connectivity index (χ0n) is 12.3. The second kappa shape index (κ2) is 5.12. The van der Waals surface area contributed by atoms with Crippen LogP contribution in [0.15, 0.2) is 41.9 Å². The first-order valence-electron chi connectivity index (χ1n) is 6.71. The van der Waals surface area contributed by atoms with Gasteiger partial charge in [-0.3, -0.25) is 9.69 Å². The minimum atomic E-state index is -0.645. The van der Waals surface area contributed by atoms with E-state index in [1.54, 1.807) is 13.1 Å². The number of nitrogens with zero attached hydrogens (tertiary/aromatic N) is 2. The molecule has 2 N–H and O–H groups in total. The Morgan fingerprint density at radius 2 is 2.25 bits per heavy atom. The van der Waals surface area contributed by atoms with Gasteiger partial charge in [-0.05, 0) is 25.8 Å². The molecule has 4 nitrogen and oxygen atoms in total. The molecule has 106 valence electrons. The number of carbonyl (C=O) groups is 1. The summed E-state index contributed by atoms with van der Waals surface area (Å²) in [5, 5.41) is 0. The Labute approximate surface area is 120 Å². The number of carbonyl (C=O) groups excluding carboxylic acids is 1. The summed E-state index contributed by atoms with van der Waals surface area (Å²) in [6, 6.07) is 8.07. The summed E-state index contributed by atoms with van der Waals surface area (Å²) in [7, 11) is 1.66. The molecule has 0 spiro atoms. The Morgan fingerprint density at radius 1 is 1.55 bits per heavy atom. The molecule has 1 aliphatic heterocycles. The Morgan fingerprint density at radius 3 is 2.85 bits per heavy atom. The van der Waals surface area contributed by atoms with Gasteiger partial charge in [0.05, 0.1) is 11.5 Å². The number of benzene rings is 1. The van der Waals surface area contributed by atoms with Crippen molar-refractivity contribution in [3.63, 3.8) is 0 Å². The van der Waals surface area contributed by atoms with Gasteiger partial charge in [0.15, 0.2) is 5.96 Å². The summed E-state index contributed by atoms with van der Waals surface area (Å²) in [5.41, 5.74) is 7.41. The molecule has 0 unspecified atom stereocenters. The molecular formula is C16H21N3O. The molecule has 2 rings (SSSR count). The fourth-order valence-electron chi connectivity index (χ4n) is 2.70. The number of aryl methyl sites for hydroxylation is 1. The minimum Gasteiger partial charge on any atom is -0.369 e. The highest BCUT2D eigenvalue weighted by atomic mass is 16.2. The van der Waals surface area contributed by atoms with Crippen molar-refractivity contribution in [3.05, 3.63) is 48.0 Å². The molecule has 4 heteroatoms. The summed E-state index contributed by atoms with van der Waals surface area (Å²) >= 11 is 0. The summed E-state index contributed by atoms with van der Waals surface area (Å²) < 4.78 is 0. The molecule has 0 saturated heterocycles. The third-order valence-corrected chi connectivity index (χ3v) is 4.00. The van der Waals surface area contributed by atoms with Crippen LogP contribution in [0.5, 0.6) is 0 Å². The van der Waals surface area contributed by atoms with Crippen LogP contribution in [0.1, 0.15) is 24.5 Å². The van der Waals surface area contributed by atoms with Gasteiger partial charge in [-0.25, -0.2) is 4.99 Å². The van der Waals surface area contributed by atoms with E-state index >= 15 is 0 Å². The maximum absolute atomic E-state index is 12.5. The number of rotatable bonds is 3. The molecule has 1 amide bonds. The molecule has 1 aromatic rings. The van der Waals surface area contributed by atoms with Crippen molar-refractivity contribution < 1.29 is 4.79 Å². The monoisotopic (exact) mass is 271 g/mol. The summed E-state index contributed by atoms with van der Waals surface area (Å²) in [6.07, 6.45) is 2.34. The van der Waals surface area contributed by atoms with E-state index in [4.69, 9.17) is 5.73 Å². The molecule has 0 radical (unpaired) electrons. The second-order valence-electron chi connectivity index (χ2n) is 5.46. The lowest BCUT2D eigenvalue weighted by Crippen LogP contribution is -2.53. The van der Waals surface area contributed by atoms with Crippen molar-refractivity contribution in [1.29, 1.82) is 0 Å². The highest BCUT2D eigenvalue weighted by Crippen LogP contribution is 2.39. The zero-order chi connectivity index (χ0) is 14.9. The van der Waals surface area contributed by atoms with Crippen molar-refractivity contribution in [2.45, 2.75) is 25.8 Å². The number of hydrogen-bond donors (Lipinski definition) is 1. The Balaban J connectivity index is 2.59. The van der Waals surface area contributed by atoms with Crippen LogP contribution in [-0.4, -0.2) is 23.8 Å². The number of guanidine groups is 1. The number of hydrogen-bond acceptors (Lipinski definition) is 3. The average molecular weight is 271 g/mol. The number of amides is 1. The van der Waals surface area contributed by atoms with E-state index in [1.807, 2.05) is 32.0 Å². The SMILES string of the molecule is C=CC[C@H]1C(=O)N(C)C(N)=N[C@]1(C)c1cccc(C)c1. The fraction of sp³-hybridized carbons (Fsp3) is 0.375. The highest BCUT2D eigenvalue weighted by molar-refractivity contribution is 6.00. The average Bonchev–Trinajstić information content (AvgIpc) is 2.41. The normalized spacial score (nSPS) is 26.4. The van der Waals surface area contributed by atoms with Gasteiger partial charge < -0.3 is 5.73 Å². The second-order valence-corrected chi connectivity index (χ2v) is 5.46. The first kappa shape index (κ1) is 14.3. The van der Waals surface area contributed by atoms with Crippen LogP contribution in [0.4, 0.5) is 0 Å². The third-order valence-electron chi connectivity index (χ3n) is 4.00. The molecule has 0 saturated carbocycles. The van der Waals surface area contributed by atoms with Crippen LogP contribution < -0.4 is 5.73 Å². The smallest absolute Gasteiger partial charge is 0.235 e. The van der Waals surface area contributed by atoms with E-state index < -0.39 is 5.54 Å². The summed E-state index contributed by atoms with van der Waals surface area (Å²) in [5.74, 6) is -0.0279. The predicted molar refractivity (Wildman–Crippen MR) is 81.2 cm³/mol. The lowest BCUT2D eigenvalue weighted by molar-refractivity contribution is -0.133. The maximum Gasteiger partial charge on any atom is 0.235 e. The van der Waals surface area contributed by atoms with Gasteiger partial charge in [0.1, 0.15) is 0 Å². The summed E-state index contributed by atoms with van der Waals surface area (Å²) in [4.78, 5) is 18.5. The Kier molecular flexibility index (Phi) is 3.66. The first-order valence-corrected chi connectivity index (χ1v) is 6.71. The quantitative estimate of drug-likeness (QED) is 0.857. The van der Waals surface area contributed by atoms with Gasteiger partial charge in [0.2, 0.25) is 5.91 Å². The van der Waals surface area contributed by atoms with Crippen molar-refractivity contribution in [2.75, 3.05) is 7.05 Å². The molecule has 0 bridgehead atoms. The van der Waals surface area contributed by atoms with E-state index in [-0.39, 0.29) is 17.8 Å². The Hall–Kier alpha value is -2.10. The van der Waals surface area contributed by atoms with Crippen LogP contribution in [0.2, 0.25) is 0 Å². The molecule has 1 heterocycles. The lowest BCUT2D eigenvalue weighted by Gasteiger charge is -2.40. The topological polar surface area (TPSA) is 58.7 Å². The van der Waals surface area contributed by atoms with Crippen LogP contribution in [0, 0.1) is 12.8 Å². The number of aliphatic imine (C=N–C) groups is 1. The van der Waals surface area contributed by atoms with Crippen molar-refractivity contribution in [1.82, 2.24) is 4.90 Å². The number of nitrogens with two attached hydrogens (primary N) is 1. The lowest BCUT2D eigenvalue weighted by atomic mass is 9.76. The predicted octanol–water partition coefficient (Wildman–Crippen LogP) is 2.19. The molecule has 0 aliphatic carbocycles. The molecule has 0 fully saturated rings. The maximum atomic E-state index is 12.5. The minimum absolute atomic E-state index is 0.0126. The van der Waals surface area contributed by atoms with Crippen molar-refractivity contribution in [2.24, 2.45) is 16.6 Å². The van der Waals surface area contributed by atoms with Crippen LogP contribution in [0.25, 0.3) is 0 Å². The molecule has 20 heavy (non-hydrogen) atoms. The molecule has 0 aromatic heterocycles. The van der Waals surface area contributed by atoms with Gasteiger partial charge in [-0.15, -0.1) is 6.58 Å². The van der Waals surface area contributed by atoms with Crippen LogP contribution in [-0.2, 0) is 10.3 Å². The molecule has 2 atom stereocenters. The fourth-order valence-corrected chi connectivity index (χ4v) is 2.70. The van der Waals surface area contributed by atoms with Crippen LogP contribution >= 0.6 is 0 Å². The van der Waals surface area contributed by atoms with E-state index in [0.717, 1.165) is 11.1 Å². The van der Waals surface area contributed by atoms with Crippen LogP contribution in [0.3, 0.4) is 0 Å².